The van der Waals surface area contributed by atoms with Crippen LogP contribution in [0.5, 0.6) is 0 Å². The number of para-hydroxylation sites is 1. The third kappa shape index (κ3) is 3.81. The van der Waals surface area contributed by atoms with E-state index < -0.39 is 0 Å². The quantitative estimate of drug-likeness (QED) is 0.775. The van der Waals surface area contributed by atoms with E-state index in [1.807, 2.05) is 36.4 Å². The maximum atomic E-state index is 8.22. The Kier molecular flexibility index (Phi) is 5.45. The molecule has 0 bridgehead atoms. The highest BCUT2D eigenvalue weighted by molar-refractivity contribution is 7.80. The second kappa shape index (κ2) is 8.16. The monoisotopic (exact) mass is 395 g/mol. The first-order valence-electron chi connectivity index (χ1n) is 9.54. The van der Waals surface area contributed by atoms with Gasteiger partial charge >= 0.3 is 0 Å². The molecule has 6 nitrogen and oxygen atoms in total. The van der Waals surface area contributed by atoms with Crippen LogP contribution in [0.2, 0.25) is 0 Å². The maximum Gasteiger partial charge on any atom is 0.291 e. The maximum absolute atomic E-state index is 8.22. The molecule has 0 aromatic heterocycles. The number of ether oxygens (including phenoxy) is 1. The van der Waals surface area contributed by atoms with Gasteiger partial charge in [-0.25, -0.2) is 0 Å². The van der Waals surface area contributed by atoms with Crippen molar-refractivity contribution >= 4 is 29.0 Å². The van der Waals surface area contributed by atoms with E-state index in [1.165, 1.54) is 5.69 Å². The van der Waals surface area contributed by atoms with Crippen molar-refractivity contribution in [1.82, 2.24) is 9.80 Å². The lowest BCUT2D eigenvalue weighted by molar-refractivity contribution is 0.120. The molecule has 0 radical (unpaired) electrons. The highest BCUT2D eigenvalue weighted by atomic mass is 32.1. The predicted molar refractivity (Wildman–Crippen MR) is 116 cm³/mol. The minimum Gasteiger partial charge on any atom is -0.458 e. The third-order valence-electron chi connectivity index (χ3n) is 5.42. The summed E-state index contributed by atoms with van der Waals surface area (Å²) in [6.07, 6.45) is -0.181. The molecule has 0 saturated carbocycles. The van der Waals surface area contributed by atoms with Crippen LogP contribution in [-0.2, 0) is 4.74 Å². The van der Waals surface area contributed by atoms with Crippen LogP contribution in [0.1, 0.15) is 11.6 Å². The van der Waals surface area contributed by atoms with Crippen molar-refractivity contribution in [2.75, 3.05) is 37.6 Å². The summed E-state index contributed by atoms with van der Waals surface area (Å²) in [5, 5.41) is 8.39. The first-order valence-corrected chi connectivity index (χ1v) is 9.95. The SMILES string of the molecule is N=C1OC(CN2CCN(c3ccccc3)CC2)C(c2ccccc2)N1C(N)=S. The van der Waals surface area contributed by atoms with Gasteiger partial charge in [0.15, 0.2) is 5.11 Å². The largest absolute Gasteiger partial charge is 0.458 e. The molecule has 0 aliphatic carbocycles. The molecular formula is C21H25N5OS. The summed E-state index contributed by atoms with van der Waals surface area (Å²) in [6.45, 7) is 4.60. The number of hydrogen-bond acceptors (Lipinski definition) is 5. The summed E-state index contributed by atoms with van der Waals surface area (Å²) in [5.74, 6) is 0. The number of nitrogens with zero attached hydrogens (tertiary/aromatic N) is 3. The zero-order valence-electron chi connectivity index (χ0n) is 15.7. The minimum absolute atomic E-state index is 0.0364. The van der Waals surface area contributed by atoms with Gasteiger partial charge in [0, 0.05) is 38.4 Å². The van der Waals surface area contributed by atoms with Gasteiger partial charge in [0.2, 0.25) is 0 Å². The number of nitrogens with one attached hydrogen (secondary N) is 1. The number of benzene rings is 2. The van der Waals surface area contributed by atoms with Gasteiger partial charge in [0.1, 0.15) is 12.1 Å². The van der Waals surface area contributed by atoms with Gasteiger partial charge in [-0.3, -0.25) is 15.2 Å². The van der Waals surface area contributed by atoms with Crippen molar-refractivity contribution in [3.63, 3.8) is 0 Å². The Morgan fingerprint density at radius 3 is 2.21 bits per heavy atom. The lowest BCUT2D eigenvalue weighted by atomic mass is 10.0. The molecule has 2 fully saturated rings. The second-order valence-electron chi connectivity index (χ2n) is 7.15. The lowest BCUT2D eigenvalue weighted by Crippen LogP contribution is -2.49. The second-order valence-corrected chi connectivity index (χ2v) is 7.57. The van der Waals surface area contributed by atoms with Crippen LogP contribution in [0.4, 0.5) is 5.69 Å². The van der Waals surface area contributed by atoms with Crippen LogP contribution in [0.3, 0.4) is 0 Å². The topological polar surface area (TPSA) is 68.8 Å². The summed E-state index contributed by atoms with van der Waals surface area (Å²) in [4.78, 5) is 6.43. The molecule has 2 aromatic rings. The molecular weight excluding hydrogens is 370 g/mol. The van der Waals surface area contributed by atoms with Gasteiger partial charge in [-0.05, 0) is 29.9 Å². The molecule has 3 N–H and O–H groups in total. The van der Waals surface area contributed by atoms with Crippen molar-refractivity contribution in [3.8, 4) is 0 Å². The third-order valence-corrected chi connectivity index (χ3v) is 5.62. The van der Waals surface area contributed by atoms with E-state index in [2.05, 4.69) is 34.1 Å². The molecule has 2 saturated heterocycles. The van der Waals surface area contributed by atoms with Crippen molar-refractivity contribution in [2.45, 2.75) is 12.1 Å². The van der Waals surface area contributed by atoms with Gasteiger partial charge in [0.05, 0.1) is 0 Å². The molecule has 0 amide bonds. The normalized spacial score (nSPS) is 22.9. The summed E-state index contributed by atoms with van der Waals surface area (Å²) in [6, 6.07) is 20.4. The summed E-state index contributed by atoms with van der Waals surface area (Å²) < 4.78 is 5.90. The molecule has 2 aliphatic heterocycles. The molecule has 2 aliphatic rings. The Morgan fingerprint density at radius 2 is 1.61 bits per heavy atom. The van der Waals surface area contributed by atoms with Crippen molar-refractivity contribution in [3.05, 3.63) is 66.2 Å². The fraction of sp³-hybridized carbons (Fsp3) is 0.333. The molecule has 2 atom stereocenters. The number of anilines is 1. The summed E-state index contributed by atoms with van der Waals surface area (Å²) in [5.41, 5.74) is 8.24. The number of hydrogen-bond donors (Lipinski definition) is 2. The van der Waals surface area contributed by atoms with E-state index in [9.17, 15) is 0 Å². The van der Waals surface area contributed by atoms with Crippen LogP contribution in [0.25, 0.3) is 0 Å². The van der Waals surface area contributed by atoms with E-state index in [4.69, 9.17) is 28.1 Å². The molecule has 146 valence electrons. The van der Waals surface area contributed by atoms with Crippen LogP contribution in [0, 0.1) is 5.41 Å². The van der Waals surface area contributed by atoms with Crippen LogP contribution >= 0.6 is 12.2 Å². The lowest BCUT2D eigenvalue weighted by Gasteiger charge is -2.37. The van der Waals surface area contributed by atoms with E-state index >= 15 is 0 Å². The van der Waals surface area contributed by atoms with Gasteiger partial charge in [-0.2, -0.15) is 0 Å². The molecule has 2 aromatic carbocycles. The fourth-order valence-electron chi connectivity index (χ4n) is 4.03. The Morgan fingerprint density at radius 1 is 1.00 bits per heavy atom. The minimum atomic E-state index is -0.181. The number of rotatable bonds is 4. The fourth-order valence-corrected chi connectivity index (χ4v) is 4.22. The highest BCUT2D eigenvalue weighted by Gasteiger charge is 2.43. The Bertz CT molecular complexity index is 823. The van der Waals surface area contributed by atoms with Gasteiger partial charge < -0.3 is 15.4 Å². The van der Waals surface area contributed by atoms with Crippen LogP contribution < -0.4 is 10.6 Å². The van der Waals surface area contributed by atoms with Gasteiger partial charge in [0.25, 0.3) is 6.02 Å². The molecule has 4 rings (SSSR count). The molecule has 28 heavy (non-hydrogen) atoms. The zero-order chi connectivity index (χ0) is 19.5. The highest BCUT2D eigenvalue weighted by Crippen LogP contribution is 2.33. The van der Waals surface area contributed by atoms with Crippen molar-refractivity contribution in [2.24, 2.45) is 5.73 Å². The standard InChI is InChI=1S/C21H25N5OS/c22-20-26(21(23)28)19(16-7-3-1-4-8-16)18(27-20)15-24-11-13-25(14-12-24)17-9-5-2-6-10-17/h1-10,18-19,22H,11-15H2,(H2,23,28). The average molecular weight is 396 g/mol. The molecule has 7 heteroatoms. The smallest absolute Gasteiger partial charge is 0.291 e. The first kappa shape index (κ1) is 18.7. The summed E-state index contributed by atoms with van der Waals surface area (Å²) >= 11 is 5.20. The average Bonchev–Trinajstić information content (AvgIpc) is 3.06. The first-order chi connectivity index (χ1) is 13.6. The van der Waals surface area contributed by atoms with Crippen molar-refractivity contribution in [1.29, 1.82) is 5.41 Å². The van der Waals surface area contributed by atoms with Gasteiger partial charge in [-0.1, -0.05) is 48.5 Å². The number of thiocarbonyl (C=S) groups is 1. The van der Waals surface area contributed by atoms with E-state index in [1.54, 1.807) is 4.90 Å². The number of amidine groups is 1. The van der Waals surface area contributed by atoms with Crippen molar-refractivity contribution < 1.29 is 4.74 Å². The van der Waals surface area contributed by atoms with E-state index in [0.717, 1.165) is 38.3 Å². The van der Waals surface area contributed by atoms with E-state index in [-0.39, 0.29) is 23.3 Å². The van der Waals surface area contributed by atoms with E-state index in [0.29, 0.717) is 0 Å². The zero-order valence-corrected chi connectivity index (χ0v) is 16.5. The number of piperazine rings is 1. The summed E-state index contributed by atoms with van der Waals surface area (Å²) in [7, 11) is 0. The molecule has 0 spiro atoms. The van der Waals surface area contributed by atoms with Gasteiger partial charge in [-0.15, -0.1) is 0 Å². The molecule has 2 unspecified atom stereocenters. The number of nitrogens with two attached hydrogens (primary N) is 1. The Balaban J connectivity index is 1.45. The molecule has 2 heterocycles. The Labute approximate surface area is 171 Å². The predicted octanol–water partition coefficient (Wildman–Crippen LogP) is 2.43. The van der Waals surface area contributed by atoms with Crippen LogP contribution in [-0.4, -0.2) is 59.8 Å². The van der Waals surface area contributed by atoms with Crippen LogP contribution in [0.15, 0.2) is 60.7 Å². The Hall–Kier alpha value is -2.64.